The first-order valence-corrected chi connectivity index (χ1v) is 6.69. The number of anilines is 1. The van der Waals surface area contributed by atoms with Crippen LogP contribution in [0.5, 0.6) is 0 Å². The third-order valence-corrected chi connectivity index (χ3v) is 3.92. The van der Waals surface area contributed by atoms with Gasteiger partial charge in [-0.3, -0.25) is 9.69 Å². The van der Waals surface area contributed by atoms with E-state index in [9.17, 15) is 4.79 Å². The lowest BCUT2D eigenvalue weighted by molar-refractivity contribution is -0.132. The van der Waals surface area contributed by atoms with Gasteiger partial charge >= 0.3 is 0 Å². The van der Waals surface area contributed by atoms with Crippen molar-refractivity contribution in [2.24, 2.45) is 0 Å². The van der Waals surface area contributed by atoms with Gasteiger partial charge in [0.15, 0.2) is 5.13 Å². The summed E-state index contributed by atoms with van der Waals surface area (Å²) in [6.45, 7) is 7.58. The summed E-state index contributed by atoms with van der Waals surface area (Å²) in [5, 5.41) is 0.629. The molecular weight excluding hydrogens is 236 g/mol. The van der Waals surface area contributed by atoms with Crippen LogP contribution in [0.25, 0.3) is 0 Å². The zero-order chi connectivity index (χ0) is 12.4. The highest BCUT2D eigenvalue weighted by Crippen LogP contribution is 2.28. The highest BCUT2D eigenvalue weighted by atomic mass is 32.1. The normalized spacial score (nSPS) is 14.9. The quantitative estimate of drug-likeness (QED) is 0.867. The molecule has 1 aliphatic heterocycles. The van der Waals surface area contributed by atoms with Crippen LogP contribution in [0.3, 0.4) is 0 Å². The lowest BCUT2D eigenvalue weighted by Crippen LogP contribution is -2.38. The first kappa shape index (κ1) is 12.3. The Labute approximate surface area is 105 Å². The Balaban J connectivity index is 1.91. The number of nitrogens with two attached hydrogens (primary N) is 1. The van der Waals surface area contributed by atoms with Gasteiger partial charge in [-0.25, -0.2) is 4.98 Å². The molecule has 0 saturated heterocycles. The summed E-state index contributed by atoms with van der Waals surface area (Å²) in [7, 11) is 0. The van der Waals surface area contributed by atoms with Crippen molar-refractivity contribution in [2.45, 2.75) is 26.9 Å². The first-order chi connectivity index (χ1) is 8.13. The number of fused-ring (bicyclic) bond motifs is 1. The van der Waals surface area contributed by atoms with E-state index in [1.165, 1.54) is 16.2 Å². The third kappa shape index (κ3) is 2.58. The number of likely N-dealkylation sites (N-methyl/N-ethyl adjacent to an activating group) is 1. The predicted molar refractivity (Wildman–Crippen MR) is 68.6 cm³/mol. The molecular formula is C11H18N4OS. The Morgan fingerprint density at radius 2 is 2.18 bits per heavy atom. The molecule has 2 heterocycles. The summed E-state index contributed by atoms with van der Waals surface area (Å²) in [6, 6.07) is 0. The van der Waals surface area contributed by atoms with Gasteiger partial charge < -0.3 is 10.6 Å². The van der Waals surface area contributed by atoms with E-state index in [2.05, 4.69) is 9.88 Å². The van der Waals surface area contributed by atoms with E-state index in [-0.39, 0.29) is 5.91 Å². The largest absolute Gasteiger partial charge is 0.375 e. The van der Waals surface area contributed by atoms with Crippen molar-refractivity contribution in [3.8, 4) is 0 Å². The van der Waals surface area contributed by atoms with Crippen LogP contribution in [0.1, 0.15) is 24.4 Å². The summed E-state index contributed by atoms with van der Waals surface area (Å²) in [5.74, 6) is 0.193. The van der Waals surface area contributed by atoms with Crippen molar-refractivity contribution in [1.29, 1.82) is 0 Å². The molecule has 2 rings (SSSR count). The van der Waals surface area contributed by atoms with Gasteiger partial charge in [-0.2, -0.15) is 0 Å². The second-order valence-corrected chi connectivity index (χ2v) is 5.25. The van der Waals surface area contributed by atoms with Crippen LogP contribution < -0.4 is 5.73 Å². The average Bonchev–Trinajstić information content (AvgIpc) is 2.76. The SMILES string of the molecule is CCN(CC)C(=O)CN1Cc2nc(N)sc2C1. The second-order valence-electron chi connectivity index (χ2n) is 4.13. The van der Waals surface area contributed by atoms with Crippen LogP contribution >= 0.6 is 11.3 Å². The molecule has 0 radical (unpaired) electrons. The molecule has 0 unspecified atom stereocenters. The summed E-state index contributed by atoms with van der Waals surface area (Å²) < 4.78 is 0. The number of nitrogens with zero attached hydrogens (tertiary/aromatic N) is 3. The van der Waals surface area contributed by atoms with Gasteiger partial charge in [0.2, 0.25) is 5.91 Å². The molecule has 1 aromatic heterocycles. The number of amides is 1. The monoisotopic (exact) mass is 254 g/mol. The maximum atomic E-state index is 11.9. The molecule has 5 nitrogen and oxygen atoms in total. The van der Waals surface area contributed by atoms with E-state index in [1.54, 1.807) is 0 Å². The van der Waals surface area contributed by atoms with Gasteiger partial charge in [-0.05, 0) is 13.8 Å². The maximum Gasteiger partial charge on any atom is 0.236 e. The minimum Gasteiger partial charge on any atom is -0.375 e. The Bertz CT molecular complexity index is 390. The Hall–Kier alpha value is -1.14. The van der Waals surface area contributed by atoms with E-state index in [0.29, 0.717) is 11.7 Å². The number of nitrogen functional groups attached to an aromatic ring is 1. The van der Waals surface area contributed by atoms with Crippen LogP contribution in [-0.2, 0) is 17.9 Å². The fraction of sp³-hybridized carbons (Fsp3) is 0.636. The van der Waals surface area contributed by atoms with Crippen LogP contribution in [-0.4, -0.2) is 40.3 Å². The zero-order valence-corrected chi connectivity index (χ0v) is 11.1. The molecule has 0 aliphatic carbocycles. The minimum absolute atomic E-state index is 0.193. The van der Waals surface area contributed by atoms with Gasteiger partial charge in [-0.1, -0.05) is 0 Å². The number of hydrogen-bond donors (Lipinski definition) is 1. The minimum atomic E-state index is 0.193. The Morgan fingerprint density at radius 1 is 1.47 bits per heavy atom. The van der Waals surface area contributed by atoms with Crippen molar-refractivity contribution in [3.63, 3.8) is 0 Å². The molecule has 0 atom stereocenters. The van der Waals surface area contributed by atoms with E-state index in [4.69, 9.17) is 5.73 Å². The molecule has 6 heteroatoms. The van der Waals surface area contributed by atoms with Crippen LogP contribution in [0.2, 0.25) is 0 Å². The number of carbonyl (C=O) groups is 1. The van der Waals surface area contributed by atoms with Crippen LogP contribution in [0.4, 0.5) is 5.13 Å². The molecule has 17 heavy (non-hydrogen) atoms. The van der Waals surface area contributed by atoms with Gasteiger partial charge in [0.05, 0.1) is 12.2 Å². The van der Waals surface area contributed by atoms with E-state index >= 15 is 0 Å². The average molecular weight is 254 g/mol. The molecule has 0 aromatic carbocycles. The molecule has 1 aliphatic rings. The van der Waals surface area contributed by atoms with Crippen LogP contribution in [0.15, 0.2) is 0 Å². The Morgan fingerprint density at radius 3 is 2.76 bits per heavy atom. The fourth-order valence-corrected chi connectivity index (χ4v) is 2.98. The molecule has 0 fully saturated rings. The fourth-order valence-electron chi connectivity index (χ4n) is 2.10. The van der Waals surface area contributed by atoms with E-state index in [0.717, 1.165) is 31.9 Å². The summed E-state index contributed by atoms with van der Waals surface area (Å²) in [4.78, 5) is 21.4. The first-order valence-electron chi connectivity index (χ1n) is 5.88. The maximum absolute atomic E-state index is 11.9. The van der Waals surface area contributed by atoms with Crippen molar-refractivity contribution >= 4 is 22.4 Å². The summed E-state index contributed by atoms with van der Waals surface area (Å²) >= 11 is 1.53. The molecule has 94 valence electrons. The smallest absolute Gasteiger partial charge is 0.236 e. The van der Waals surface area contributed by atoms with Gasteiger partial charge in [0, 0.05) is 31.1 Å². The standard InChI is InChI=1S/C11H18N4OS/c1-3-15(4-2)10(16)7-14-5-8-9(6-14)17-11(12)13-8/h3-7H2,1-2H3,(H2,12,13). The summed E-state index contributed by atoms with van der Waals surface area (Å²) in [6.07, 6.45) is 0. The molecule has 1 amide bonds. The van der Waals surface area contributed by atoms with Crippen molar-refractivity contribution in [1.82, 2.24) is 14.8 Å². The number of hydrogen-bond acceptors (Lipinski definition) is 5. The molecule has 0 bridgehead atoms. The summed E-state index contributed by atoms with van der Waals surface area (Å²) in [5.41, 5.74) is 6.68. The highest BCUT2D eigenvalue weighted by molar-refractivity contribution is 7.15. The second kappa shape index (κ2) is 5.01. The van der Waals surface area contributed by atoms with Crippen LogP contribution in [0, 0.1) is 0 Å². The van der Waals surface area contributed by atoms with Gasteiger partial charge in [-0.15, -0.1) is 11.3 Å². The van der Waals surface area contributed by atoms with E-state index in [1.807, 2.05) is 18.7 Å². The molecule has 0 spiro atoms. The van der Waals surface area contributed by atoms with E-state index < -0.39 is 0 Å². The number of rotatable bonds is 4. The molecule has 1 aromatic rings. The van der Waals surface area contributed by atoms with Gasteiger partial charge in [0.1, 0.15) is 0 Å². The highest BCUT2D eigenvalue weighted by Gasteiger charge is 2.25. The molecule has 2 N–H and O–H groups in total. The number of aromatic nitrogens is 1. The lowest BCUT2D eigenvalue weighted by Gasteiger charge is -2.22. The number of thiazole rings is 1. The van der Waals surface area contributed by atoms with Crippen molar-refractivity contribution in [2.75, 3.05) is 25.4 Å². The third-order valence-electron chi connectivity index (χ3n) is 3.01. The predicted octanol–water partition coefficient (Wildman–Crippen LogP) is 0.909. The zero-order valence-electron chi connectivity index (χ0n) is 10.3. The lowest BCUT2D eigenvalue weighted by atomic mass is 10.4. The number of carbonyl (C=O) groups excluding carboxylic acids is 1. The molecule has 0 saturated carbocycles. The van der Waals surface area contributed by atoms with Crippen molar-refractivity contribution < 1.29 is 4.79 Å². The van der Waals surface area contributed by atoms with Crippen molar-refractivity contribution in [3.05, 3.63) is 10.6 Å². The Kier molecular flexibility index (Phi) is 3.63. The topological polar surface area (TPSA) is 62.5 Å². The van der Waals surface area contributed by atoms with Gasteiger partial charge in [0.25, 0.3) is 0 Å².